The largest absolute Gasteiger partial charge is 0.444 e. The van der Waals surface area contributed by atoms with Crippen molar-refractivity contribution in [1.82, 2.24) is 20.4 Å². The van der Waals surface area contributed by atoms with Gasteiger partial charge in [-0.1, -0.05) is 18.2 Å². The molecule has 1 fully saturated rings. The van der Waals surface area contributed by atoms with Crippen LogP contribution in [-0.4, -0.2) is 73.8 Å². The Morgan fingerprint density at radius 3 is 2.43 bits per heavy atom. The Morgan fingerprint density at radius 2 is 1.83 bits per heavy atom. The molecule has 30 heavy (non-hydrogen) atoms. The number of aliphatic imine (C=N–C) groups is 1. The van der Waals surface area contributed by atoms with Crippen LogP contribution in [0, 0.1) is 5.82 Å². The standard InChI is InChI=1S/C21H34FN5O2.HI/c1-21(2,3)29-20(28)27-14-12-26(13-15-27)11-7-10-24-19(23-4)25-16-17-8-5-6-9-18(17)22;/h5-6,8-9H,7,10-16H2,1-4H3,(H2,23,24,25);1H. The highest BCUT2D eigenvalue weighted by Gasteiger charge is 2.25. The summed E-state index contributed by atoms with van der Waals surface area (Å²) in [5, 5.41) is 6.39. The maximum Gasteiger partial charge on any atom is 0.410 e. The van der Waals surface area contributed by atoms with Crippen molar-refractivity contribution in [3.05, 3.63) is 35.6 Å². The van der Waals surface area contributed by atoms with Gasteiger partial charge in [0.1, 0.15) is 11.4 Å². The first-order valence-corrected chi connectivity index (χ1v) is 10.2. The van der Waals surface area contributed by atoms with Crippen molar-refractivity contribution in [1.29, 1.82) is 0 Å². The van der Waals surface area contributed by atoms with Crippen LogP contribution in [0.15, 0.2) is 29.3 Å². The van der Waals surface area contributed by atoms with Crippen molar-refractivity contribution in [2.75, 3.05) is 46.3 Å². The van der Waals surface area contributed by atoms with Crippen LogP contribution in [0.25, 0.3) is 0 Å². The molecule has 1 amide bonds. The van der Waals surface area contributed by atoms with Gasteiger partial charge in [0, 0.05) is 51.9 Å². The Labute approximate surface area is 196 Å². The van der Waals surface area contributed by atoms with Crippen molar-refractivity contribution in [2.24, 2.45) is 4.99 Å². The quantitative estimate of drug-likeness (QED) is 0.254. The molecular weight excluding hydrogens is 500 g/mol. The van der Waals surface area contributed by atoms with Crippen molar-refractivity contribution < 1.29 is 13.9 Å². The van der Waals surface area contributed by atoms with Crippen LogP contribution in [0.3, 0.4) is 0 Å². The molecule has 0 radical (unpaired) electrons. The van der Waals surface area contributed by atoms with Crippen LogP contribution in [0.2, 0.25) is 0 Å². The van der Waals surface area contributed by atoms with Crippen LogP contribution in [0.1, 0.15) is 32.8 Å². The minimum atomic E-state index is -0.460. The summed E-state index contributed by atoms with van der Waals surface area (Å²) in [6.07, 6.45) is 0.718. The van der Waals surface area contributed by atoms with Crippen molar-refractivity contribution >= 4 is 36.0 Å². The molecule has 0 unspecified atom stereocenters. The molecule has 1 aromatic carbocycles. The first-order chi connectivity index (χ1) is 13.8. The van der Waals surface area contributed by atoms with E-state index in [9.17, 15) is 9.18 Å². The normalized spacial score (nSPS) is 15.4. The van der Waals surface area contributed by atoms with E-state index in [0.717, 1.165) is 32.6 Å². The summed E-state index contributed by atoms with van der Waals surface area (Å²) in [5.74, 6) is 0.434. The number of ether oxygens (including phenoxy) is 1. The Morgan fingerprint density at radius 1 is 1.17 bits per heavy atom. The molecule has 0 atom stereocenters. The summed E-state index contributed by atoms with van der Waals surface area (Å²) in [7, 11) is 1.70. The van der Waals surface area contributed by atoms with E-state index < -0.39 is 5.60 Å². The third-order valence-electron chi connectivity index (χ3n) is 4.60. The minimum absolute atomic E-state index is 0. The van der Waals surface area contributed by atoms with Gasteiger partial charge in [0.15, 0.2) is 5.96 Å². The molecule has 0 spiro atoms. The number of benzene rings is 1. The number of guanidine groups is 1. The van der Waals surface area contributed by atoms with Gasteiger partial charge in [0.25, 0.3) is 0 Å². The summed E-state index contributed by atoms with van der Waals surface area (Å²) in [5.41, 5.74) is 0.150. The number of hydrogen-bond acceptors (Lipinski definition) is 4. The second-order valence-electron chi connectivity index (χ2n) is 8.11. The van der Waals surface area contributed by atoms with E-state index in [1.165, 1.54) is 6.07 Å². The minimum Gasteiger partial charge on any atom is -0.444 e. The number of halogens is 2. The van der Waals surface area contributed by atoms with Gasteiger partial charge in [-0.25, -0.2) is 9.18 Å². The molecule has 9 heteroatoms. The molecule has 0 aliphatic carbocycles. The van der Waals surface area contributed by atoms with Gasteiger partial charge in [-0.05, 0) is 39.8 Å². The van der Waals surface area contributed by atoms with Gasteiger partial charge >= 0.3 is 6.09 Å². The highest BCUT2D eigenvalue weighted by atomic mass is 127. The first-order valence-electron chi connectivity index (χ1n) is 10.2. The highest BCUT2D eigenvalue weighted by Crippen LogP contribution is 2.12. The van der Waals surface area contributed by atoms with Crippen LogP contribution in [0.4, 0.5) is 9.18 Å². The molecule has 0 aromatic heterocycles. The average Bonchev–Trinajstić information content (AvgIpc) is 2.67. The number of carbonyl (C=O) groups is 1. The lowest BCUT2D eigenvalue weighted by Gasteiger charge is -2.35. The van der Waals surface area contributed by atoms with Crippen LogP contribution in [-0.2, 0) is 11.3 Å². The van der Waals surface area contributed by atoms with E-state index in [-0.39, 0.29) is 35.9 Å². The van der Waals surface area contributed by atoms with E-state index in [4.69, 9.17) is 4.74 Å². The summed E-state index contributed by atoms with van der Waals surface area (Å²) in [6.45, 7) is 10.8. The van der Waals surface area contributed by atoms with E-state index in [1.54, 1.807) is 24.1 Å². The lowest BCUT2D eigenvalue weighted by atomic mass is 10.2. The van der Waals surface area contributed by atoms with Gasteiger partial charge in [-0.2, -0.15) is 0 Å². The van der Waals surface area contributed by atoms with Gasteiger partial charge in [-0.3, -0.25) is 9.89 Å². The number of rotatable bonds is 6. The lowest BCUT2D eigenvalue weighted by Crippen LogP contribution is -2.50. The fourth-order valence-electron chi connectivity index (χ4n) is 3.03. The molecule has 1 heterocycles. The third kappa shape index (κ3) is 9.46. The molecule has 2 N–H and O–H groups in total. The summed E-state index contributed by atoms with van der Waals surface area (Å²) in [6, 6.07) is 6.71. The number of nitrogens with zero attached hydrogens (tertiary/aromatic N) is 3. The van der Waals surface area contributed by atoms with Crippen molar-refractivity contribution in [3.8, 4) is 0 Å². The van der Waals surface area contributed by atoms with E-state index >= 15 is 0 Å². The van der Waals surface area contributed by atoms with Gasteiger partial charge < -0.3 is 20.3 Å². The lowest BCUT2D eigenvalue weighted by molar-refractivity contribution is 0.0145. The Balaban J connectivity index is 0.00000450. The second kappa shape index (κ2) is 12.9. The summed E-state index contributed by atoms with van der Waals surface area (Å²) >= 11 is 0. The van der Waals surface area contributed by atoms with Gasteiger partial charge in [0.2, 0.25) is 0 Å². The molecule has 1 aliphatic rings. The average molecular weight is 535 g/mol. The van der Waals surface area contributed by atoms with E-state index in [1.807, 2.05) is 26.8 Å². The number of amides is 1. The Kier molecular flexibility index (Phi) is 11.4. The monoisotopic (exact) mass is 535 g/mol. The predicted molar refractivity (Wildman–Crippen MR) is 129 cm³/mol. The molecule has 1 aliphatic heterocycles. The maximum atomic E-state index is 13.7. The zero-order chi connectivity index (χ0) is 21.3. The molecule has 1 saturated heterocycles. The van der Waals surface area contributed by atoms with E-state index in [2.05, 4.69) is 20.5 Å². The van der Waals surface area contributed by atoms with E-state index in [0.29, 0.717) is 31.2 Å². The van der Waals surface area contributed by atoms with Crippen molar-refractivity contribution in [3.63, 3.8) is 0 Å². The molecule has 7 nitrogen and oxygen atoms in total. The molecule has 0 bridgehead atoms. The highest BCUT2D eigenvalue weighted by molar-refractivity contribution is 14.0. The number of piperazine rings is 1. The molecule has 2 rings (SSSR count). The zero-order valence-corrected chi connectivity index (χ0v) is 20.7. The van der Waals surface area contributed by atoms with Crippen LogP contribution >= 0.6 is 24.0 Å². The van der Waals surface area contributed by atoms with Crippen LogP contribution < -0.4 is 10.6 Å². The third-order valence-corrected chi connectivity index (χ3v) is 4.60. The number of carbonyl (C=O) groups excluding carboxylic acids is 1. The van der Waals surface area contributed by atoms with Gasteiger partial charge in [-0.15, -0.1) is 24.0 Å². The second-order valence-corrected chi connectivity index (χ2v) is 8.11. The Bertz CT molecular complexity index is 688. The summed E-state index contributed by atoms with van der Waals surface area (Å²) in [4.78, 5) is 20.4. The molecule has 1 aromatic rings. The maximum absolute atomic E-state index is 13.7. The molecule has 0 saturated carbocycles. The van der Waals surface area contributed by atoms with Crippen LogP contribution in [0.5, 0.6) is 0 Å². The molecular formula is C21H35FIN5O2. The molecule has 170 valence electrons. The number of hydrogen-bond donors (Lipinski definition) is 2. The van der Waals surface area contributed by atoms with Crippen molar-refractivity contribution in [2.45, 2.75) is 39.3 Å². The Hall–Kier alpha value is -1.62. The van der Waals surface area contributed by atoms with Gasteiger partial charge in [0.05, 0.1) is 0 Å². The predicted octanol–water partition coefficient (Wildman–Crippen LogP) is 3.05. The SMILES string of the molecule is CN=C(NCCCN1CCN(C(=O)OC(C)(C)C)CC1)NCc1ccccc1F.I. The fraction of sp³-hybridized carbons (Fsp3) is 0.619. The first kappa shape index (κ1) is 26.4. The topological polar surface area (TPSA) is 69.2 Å². The fourth-order valence-corrected chi connectivity index (χ4v) is 3.03. The smallest absolute Gasteiger partial charge is 0.410 e. The number of nitrogens with one attached hydrogen (secondary N) is 2. The summed E-state index contributed by atoms with van der Waals surface area (Å²) < 4.78 is 19.1. The zero-order valence-electron chi connectivity index (χ0n) is 18.4.